The summed E-state index contributed by atoms with van der Waals surface area (Å²) < 4.78 is 48.7. The van der Waals surface area contributed by atoms with Crippen molar-refractivity contribution in [2.75, 3.05) is 57.4 Å². The highest BCUT2D eigenvalue weighted by atomic mass is 35.5. The maximum atomic E-state index is 13.6. The SMILES string of the molecule is CC1(C)OC/C=C\[C@H](OCCN2CCCC2)[C@@H]2CC[C@H]2CN2C[C@@]3(CCCc4cc(Cl)ccc43)COc3ccc(cc32)S(=O)(=O)NC1=O. The van der Waals surface area contributed by atoms with Gasteiger partial charge in [-0.2, -0.15) is 0 Å². The van der Waals surface area contributed by atoms with E-state index < -0.39 is 21.5 Å². The van der Waals surface area contributed by atoms with Crippen molar-refractivity contribution in [3.63, 3.8) is 0 Å². The van der Waals surface area contributed by atoms with Crippen molar-refractivity contribution in [3.8, 4) is 5.75 Å². The molecule has 2 aromatic rings. The van der Waals surface area contributed by atoms with E-state index in [1.165, 1.54) is 30.0 Å². The minimum atomic E-state index is -4.18. The lowest BCUT2D eigenvalue weighted by Gasteiger charge is -2.46. The lowest BCUT2D eigenvalue weighted by molar-refractivity contribution is -0.139. The number of sulfonamides is 1. The van der Waals surface area contributed by atoms with Gasteiger partial charge in [-0.25, -0.2) is 13.1 Å². The van der Waals surface area contributed by atoms with Crippen LogP contribution >= 0.6 is 11.6 Å². The largest absolute Gasteiger partial charge is 0.490 e. The monoisotopic (exact) mass is 697 g/mol. The molecule has 0 aromatic heterocycles. The van der Waals surface area contributed by atoms with E-state index >= 15 is 0 Å². The van der Waals surface area contributed by atoms with Gasteiger partial charge in [0.05, 0.1) is 36.5 Å². The van der Waals surface area contributed by atoms with E-state index in [9.17, 15) is 13.2 Å². The number of nitrogens with one attached hydrogen (secondary N) is 1. The summed E-state index contributed by atoms with van der Waals surface area (Å²) in [5.41, 5.74) is 1.60. The Balaban J connectivity index is 1.25. The minimum absolute atomic E-state index is 0.0195. The highest BCUT2D eigenvalue weighted by molar-refractivity contribution is 7.90. The molecule has 11 heteroatoms. The molecular formula is C37H48ClN3O6S. The van der Waals surface area contributed by atoms with Crippen LogP contribution in [-0.4, -0.2) is 83.5 Å². The van der Waals surface area contributed by atoms with Gasteiger partial charge >= 0.3 is 0 Å². The predicted octanol–water partition coefficient (Wildman–Crippen LogP) is 5.49. The molecule has 1 saturated carbocycles. The summed E-state index contributed by atoms with van der Waals surface area (Å²) in [5, 5.41) is 0.736. The van der Waals surface area contributed by atoms with Crippen LogP contribution in [0.4, 0.5) is 5.69 Å². The third-order valence-corrected chi connectivity index (χ3v) is 12.8. The first-order chi connectivity index (χ1) is 23.0. The van der Waals surface area contributed by atoms with Crippen molar-refractivity contribution in [1.82, 2.24) is 9.62 Å². The highest BCUT2D eigenvalue weighted by Gasteiger charge is 2.45. The Morgan fingerprint density at radius 2 is 1.92 bits per heavy atom. The first-order valence-corrected chi connectivity index (χ1v) is 19.4. The summed E-state index contributed by atoms with van der Waals surface area (Å²) in [5.74, 6) is 0.571. The zero-order chi connectivity index (χ0) is 33.5. The number of fused-ring (bicyclic) bond motifs is 4. The fraction of sp³-hybridized carbons (Fsp3) is 0.595. The molecule has 2 aromatic carbocycles. The summed E-state index contributed by atoms with van der Waals surface area (Å²) in [6.07, 6.45) is 11.5. The first kappa shape index (κ1) is 33.8. The molecule has 4 atom stereocenters. The van der Waals surface area contributed by atoms with E-state index in [4.69, 9.17) is 25.8 Å². The van der Waals surface area contributed by atoms with Gasteiger partial charge in [-0.15, -0.1) is 0 Å². The molecule has 0 unspecified atom stereocenters. The fourth-order valence-corrected chi connectivity index (χ4v) is 9.58. The van der Waals surface area contributed by atoms with Crippen LogP contribution in [0.2, 0.25) is 5.02 Å². The number of aryl methyl sites for hydroxylation is 1. The summed E-state index contributed by atoms with van der Waals surface area (Å²) in [6, 6.07) is 11.1. The number of halogens is 1. The number of rotatable bonds is 4. The van der Waals surface area contributed by atoms with E-state index in [-0.39, 0.29) is 23.0 Å². The maximum Gasteiger partial charge on any atom is 0.265 e. The quantitative estimate of drug-likeness (QED) is 0.419. The Kier molecular flexibility index (Phi) is 9.58. The number of carbonyl (C=O) groups excluding carboxylic acids is 1. The Labute approximate surface area is 290 Å². The number of ether oxygens (including phenoxy) is 3. The van der Waals surface area contributed by atoms with Gasteiger partial charge in [0.2, 0.25) is 0 Å². The molecule has 1 N–H and O–H groups in total. The Morgan fingerprint density at radius 3 is 2.71 bits per heavy atom. The molecule has 2 bridgehead atoms. The minimum Gasteiger partial charge on any atom is -0.490 e. The first-order valence-electron chi connectivity index (χ1n) is 17.6. The number of carbonyl (C=O) groups is 1. The molecule has 2 aliphatic carbocycles. The lowest BCUT2D eigenvalue weighted by Crippen LogP contribution is -2.50. The lowest BCUT2D eigenvalue weighted by atomic mass is 9.68. The molecular weight excluding hydrogens is 650 g/mol. The van der Waals surface area contributed by atoms with Gasteiger partial charge in [0, 0.05) is 30.1 Å². The molecule has 260 valence electrons. The molecule has 3 heterocycles. The molecule has 3 aliphatic heterocycles. The number of anilines is 1. The molecule has 1 amide bonds. The van der Waals surface area contributed by atoms with Crippen LogP contribution in [-0.2, 0) is 36.1 Å². The Bertz CT molecular complexity index is 1660. The van der Waals surface area contributed by atoms with Gasteiger partial charge in [-0.3, -0.25) is 4.79 Å². The van der Waals surface area contributed by atoms with Crippen LogP contribution in [0.1, 0.15) is 63.5 Å². The summed E-state index contributed by atoms with van der Waals surface area (Å²) >= 11 is 6.45. The van der Waals surface area contributed by atoms with Crippen molar-refractivity contribution in [2.45, 2.75) is 80.8 Å². The molecule has 9 nitrogen and oxygen atoms in total. The zero-order valence-electron chi connectivity index (χ0n) is 28.1. The molecule has 1 saturated heterocycles. The second-order valence-electron chi connectivity index (χ2n) is 14.8. The standard InChI is InChI=1S/C37H48ClN3O6S/c1-36(2)35(42)39-48(43,44)29-11-14-34-32(22-29)41(24-37(25-46-34)15-5-7-26-21-28(38)10-13-31(26)37)23-27-9-12-30(27)33(8-6-19-47-36)45-20-18-40-16-3-4-17-40/h6,8,10-11,13-14,21-22,27,30,33H,3-5,7,9,12,15-20,23-25H2,1-2H3,(H,39,42)/b8-6-/t27-,30+,33-,37-/m0/s1. The van der Waals surface area contributed by atoms with Gasteiger partial charge in [0.1, 0.15) is 11.4 Å². The highest BCUT2D eigenvalue weighted by Crippen LogP contribution is 2.47. The molecule has 48 heavy (non-hydrogen) atoms. The Morgan fingerprint density at radius 1 is 1.08 bits per heavy atom. The third-order valence-electron chi connectivity index (χ3n) is 11.2. The van der Waals surface area contributed by atoms with Gasteiger partial charge < -0.3 is 24.0 Å². The van der Waals surface area contributed by atoms with E-state index in [0.29, 0.717) is 37.3 Å². The molecule has 5 aliphatic rings. The van der Waals surface area contributed by atoms with E-state index in [1.54, 1.807) is 26.0 Å². The van der Waals surface area contributed by atoms with Gasteiger partial charge in [-0.1, -0.05) is 29.8 Å². The summed E-state index contributed by atoms with van der Waals surface area (Å²) in [6.45, 7) is 9.09. The Hall–Kier alpha value is -2.63. The molecule has 2 fully saturated rings. The van der Waals surface area contributed by atoms with E-state index in [0.717, 1.165) is 69.0 Å². The van der Waals surface area contributed by atoms with Crippen molar-refractivity contribution in [3.05, 3.63) is 64.7 Å². The molecule has 1 spiro atoms. The number of nitrogens with zero attached hydrogens (tertiary/aromatic N) is 2. The predicted molar refractivity (Wildman–Crippen MR) is 186 cm³/mol. The number of hydrogen-bond acceptors (Lipinski definition) is 8. The summed E-state index contributed by atoms with van der Waals surface area (Å²) in [7, 11) is -4.18. The van der Waals surface area contributed by atoms with Gasteiger partial charge in [0.15, 0.2) is 0 Å². The normalized spacial score (nSPS) is 30.7. The van der Waals surface area contributed by atoms with Crippen molar-refractivity contribution in [2.24, 2.45) is 11.8 Å². The molecule has 0 radical (unpaired) electrons. The smallest absolute Gasteiger partial charge is 0.265 e. The third kappa shape index (κ3) is 6.88. The summed E-state index contributed by atoms with van der Waals surface area (Å²) in [4.78, 5) is 18.1. The topological polar surface area (TPSA) is 97.4 Å². The zero-order valence-corrected chi connectivity index (χ0v) is 29.7. The van der Waals surface area contributed by atoms with Gasteiger partial charge in [-0.05, 0) is 125 Å². The van der Waals surface area contributed by atoms with Crippen LogP contribution in [0, 0.1) is 11.8 Å². The average Bonchev–Trinajstić information content (AvgIpc) is 3.51. The van der Waals surface area contributed by atoms with Crippen LogP contribution in [0.5, 0.6) is 5.75 Å². The maximum absolute atomic E-state index is 13.6. The van der Waals surface area contributed by atoms with Crippen molar-refractivity contribution >= 4 is 33.2 Å². The second-order valence-corrected chi connectivity index (χ2v) is 16.9. The fourth-order valence-electron chi connectivity index (χ4n) is 8.26. The average molecular weight is 698 g/mol. The van der Waals surface area contributed by atoms with E-state index in [2.05, 4.69) is 32.7 Å². The van der Waals surface area contributed by atoms with Gasteiger partial charge in [0.25, 0.3) is 15.9 Å². The second kappa shape index (κ2) is 13.6. The van der Waals surface area contributed by atoms with Crippen LogP contribution < -0.4 is 14.4 Å². The number of amides is 1. The van der Waals surface area contributed by atoms with Crippen LogP contribution in [0.3, 0.4) is 0 Å². The number of hydrogen-bond donors (Lipinski definition) is 1. The van der Waals surface area contributed by atoms with E-state index in [1.807, 2.05) is 12.1 Å². The van der Waals surface area contributed by atoms with Crippen molar-refractivity contribution in [1.29, 1.82) is 0 Å². The number of benzene rings is 2. The van der Waals surface area contributed by atoms with Crippen LogP contribution in [0.25, 0.3) is 0 Å². The van der Waals surface area contributed by atoms with Crippen molar-refractivity contribution < 1.29 is 27.4 Å². The van der Waals surface area contributed by atoms with Crippen LogP contribution in [0.15, 0.2) is 53.4 Å². The number of likely N-dealkylation sites (tertiary alicyclic amines) is 1. The molecule has 7 rings (SSSR count).